The van der Waals surface area contributed by atoms with Crippen molar-refractivity contribution < 1.29 is 24.7 Å². The molecule has 0 heterocycles. The van der Waals surface area contributed by atoms with E-state index in [0.717, 1.165) is 0 Å². The van der Waals surface area contributed by atoms with Gasteiger partial charge in [-0.2, -0.15) is 0 Å². The Morgan fingerprint density at radius 1 is 0.714 bits per heavy atom. The summed E-state index contributed by atoms with van der Waals surface area (Å²) in [6.45, 7) is 0. The minimum absolute atomic E-state index is 0. The Bertz CT molecular complexity index is 6.04. The molecule has 7 heavy (non-hydrogen) atoms. The van der Waals surface area contributed by atoms with Crippen molar-refractivity contribution in [2.24, 2.45) is 0 Å². The average molecular weight is 502 g/mol. The summed E-state index contributed by atoms with van der Waals surface area (Å²) in [4.78, 5) is 0. The second-order valence-electron chi connectivity index (χ2n) is 0. The van der Waals surface area contributed by atoms with Crippen LogP contribution in [0.5, 0.6) is 0 Å². The zero-order chi connectivity index (χ0) is 2.00. The SMILES string of the molecule is [Bi+3].[OH-].[OH-].[OH-].[OH-].[O]=[Bi+]. The molecule has 0 spiro atoms. The molecule has 7 heteroatoms. The first-order valence-electron chi connectivity index (χ1n) is 0.183. The third-order valence-electron chi connectivity index (χ3n) is 0. The Hall–Kier alpha value is 1.41. The van der Waals surface area contributed by atoms with E-state index >= 15 is 0 Å². The normalized spacial score (nSPS) is 0.571. The van der Waals surface area contributed by atoms with Gasteiger partial charge in [0.25, 0.3) is 0 Å². The summed E-state index contributed by atoms with van der Waals surface area (Å²) in [5.74, 6) is 0. The van der Waals surface area contributed by atoms with Crippen molar-refractivity contribution in [1.82, 2.24) is 0 Å². The molecule has 0 bridgehead atoms. The monoisotopic (exact) mass is 502 g/mol. The Labute approximate surface area is 75.1 Å². The molecule has 4 N–H and O–H groups in total. The molecule has 0 atom stereocenters. The molecule has 0 amide bonds. The first kappa shape index (κ1) is 79.6. The zero-order valence-electron chi connectivity index (χ0n) is 3.09. The van der Waals surface area contributed by atoms with Gasteiger partial charge in [0.05, 0.1) is 0 Å². The van der Waals surface area contributed by atoms with Gasteiger partial charge in [0, 0.05) is 0 Å². The van der Waals surface area contributed by atoms with Gasteiger partial charge >= 0.3 is 53.7 Å². The second kappa shape index (κ2) is 154. The first-order chi connectivity index (χ1) is 1.00. The van der Waals surface area contributed by atoms with Gasteiger partial charge in [-0.25, -0.2) is 0 Å². The van der Waals surface area contributed by atoms with E-state index in [1.54, 1.807) is 0 Å². The van der Waals surface area contributed by atoms with Crippen LogP contribution in [0.3, 0.4) is 0 Å². The zero-order valence-corrected chi connectivity index (χ0v) is 10.0. The van der Waals surface area contributed by atoms with E-state index in [9.17, 15) is 0 Å². The molecule has 0 fully saturated rings. The number of rotatable bonds is 0. The van der Waals surface area contributed by atoms with Gasteiger partial charge in [-0.05, 0) is 0 Å². The Balaban J connectivity index is -0.000000000500. The Kier molecular flexibility index (Phi) is 1750. The van der Waals surface area contributed by atoms with Crippen LogP contribution >= 0.6 is 0 Å². The summed E-state index contributed by atoms with van der Waals surface area (Å²) in [6.07, 6.45) is 0. The summed E-state index contributed by atoms with van der Waals surface area (Å²) in [5, 5.41) is 0. The first-order valence-corrected chi connectivity index (χ1v) is 1.60. The molecule has 0 aliphatic heterocycles. The summed E-state index contributed by atoms with van der Waals surface area (Å²) in [7, 11) is 0. The van der Waals surface area contributed by atoms with Crippen LogP contribution in [0.25, 0.3) is 0 Å². The van der Waals surface area contributed by atoms with E-state index in [2.05, 4.69) is 0 Å². The van der Waals surface area contributed by atoms with Crippen molar-refractivity contribution in [3.05, 3.63) is 0 Å². The van der Waals surface area contributed by atoms with Gasteiger partial charge in [-0.15, -0.1) is 0 Å². The van der Waals surface area contributed by atoms with Gasteiger partial charge in [-0.1, -0.05) is 0 Å². The molecule has 0 rings (SSSR count). The maximum absolute atomic E-state index is 8.36. The van der Waals surface area contributed by atoms with Crippen molar-refractivity contribution in [3.63, 3.8) is 0 Å². The Morgan fingerprint density at radius 2 is 0.714 bits per heavy atom. The molecule has 0 saturated heterocycles. The molecule has 0 aliphatic rings. The Morgan fingerprint density at radius 3 is 0.714 bits per heavy atom. The van der Waals surface area contributed by atoms with E-state index in [0.29, 0.717) is 0 Å². The van der Waals surface area contributed by atoms with Crippen LogP contribution in [0.1, 0.15) is 0 Å². The van der Waals surface area contributed by atoms with Crippen molar-refractivity contribution in [1.29, 1.82) is 0 Å². The summed E-state index contributed by atoms with van der Waals surface area (Å²) in [5.41, 5.74) is 0. The molecule has 44 valence electrons. The fraction of sp³-hybridized carbons (Fsp3) is 0. The maximum atomic E-state index is 8.36. The van der Waals surface area contributed by atoms with Crippen LogP contribution in [0.4, 0.5) is 0 Å². The number of hydrogen-bond donors (Lipinski definition) is 0. The van der Waals surface area contributed by atoms with Crippen LogP contribution in [-0.2, 0) is 2.81 Å². The quantitative estimate of drug-likeness (QED) is 0.368. The predicted octanol–water partition coefficient (Wildman–Crippen LogP) is -1.59. The molecule has 0 saturated carbocycles. The van der Waals surface area contributed by atoms with E-state index in [4.69, 9.17) is 2.81 Å². The topological polar surface area (TPSA) is 137 Å². The third kappa shape index (κ3) is 109. The van der Waals surface area contributed by atoms with E-state index in [1.165, 1.54) is 0 Å². The molecule has 0 aliphatic carbocycles. The van der Waals surface area contributed by atoms with E-state index < -0.39 is 0 Å². The van der Waals surface area contributed by atoms with Crippen molar-refractivity contribution in [2.45, 2.75) is 0 Å². The molecule has 0 aromatic carbocycles. The van der Waals surface area contributed by atoms with Crippen LogP contribution in [0, 0.1) is 0 Å². The molecular weight excluding hydrogens is 498 g/mol. The van der Waals surface area contributed by atoms with Crippen LogP contribution < -0.4 is 0 Å². The van der Waals surface area contributed by atoms with Gasteiger partial charge in [0.1, 0.15) is 0 Å². The van der Waals surface area contributed by atoms with Crippen molar-refractivity contribution in [2.75, 3.05) is 0 Å². The van der Waals surface area contributed by atoms with Crippen molar-refractivity contribution >= 4 is 50.9 Å². The van der Waals surface area contributed by atoms with Crippen LogP contribution in [-0.4, -0.2) is 72.8 Å². The fourth-order valence-corrected chi connectivity index (χ4v) is 0. The van der Waals surface area contributed by atoms with E-state index in [1.807, 2.05) is 0 Å². The third-order valence-corrected chi connectivity index (χ3v) is 0. The van der Waals surface area contributed by atoms with E-state index in [-0.39, 0.29) is 72.8 Å². The fourth-order valence-electron chi connectivity index (χ4n) is 0. The van der Waals surface area contributed by atoms with Gasteiger partial charge in [0.15, 0.2) is 0 Å². The van der Waals surface area contributed by atoms with Crippen LogP contribution in [0.15, 0.2) is 0 Å². The van der Waals surface area contributed by atoms with Crippen LogP contribution in [0.2, 0.25) is 0 Å². The van der Waals surface area contributed by atoms with Gasteiger partial charge in [-0.3, -0.25) is 0 Å². The molecule has 0 unspecified atom stereocenters. The summed E-state index contributed by atoms with van der Waals surface area (Å²) < 4.78 is 8.36. The van der Waals surface area contributed by atoms with Gasteiger partial charge < -0.3 is 21.9 Å². The average Bonchev–Trinajstić information content (AvgIpc) is 1.00. The molecule has 5 nitrogen and oxygen atoms in total. The molecule has 4 radical (unpaired) electrons. The second-order valence-corrected chi connectivity index (χ2v) is 0. The molecule has 0 aromatic heterocycles. The molecule has 0 aromatic rings. The predicted molar refractivity (Wildman–Crippen MR) is 19.9 cm³/mol. The summed E-state index contributed by atoms with van der Waals surface area (Å²) in [6, 6.07) is 0. The minimum atomic E-state index is 0. The number of hydrogen-bond acceptors (Lipinski definition) is 5. The molecular formula is H4Bi2O5. The standard InChI is InChI=1S/2Bi.4H2O.O/h;;4*1H2;/q+1;+3;;;;;/p-4. The summed E-state index contributed by atoms with van der Waals surface area (Å²) >= 11 is 0.194. The van der Waals surface area contributed by atoms with Crippen molar-refractivity contribution in [3.8, 4) is 0 Å². The van der Waals surface area contributed by atoms with Gasteiger partial charge in [0.2, 0.25) is 0 Å².